The van der Waals surface area contributed by atoms with Gasteiger partial charge in [-0.05, 0) is 13.0 Å². The number of β-amino-alcohol motifs (C(OH)–C–C–N with tert-alkyl or cyclic N) is 1. The number of carboxylic acids is 1. The van der Waals surface area contributed by atoms with E-state index in [1.807, 2.05) is 0 Å². The lowest BCUT2D eigenvalue weighted by Gasteiger charge is -2.20. The molecule has 0 saturated carbocycles. The van der Waals surface area contributed by atoms with E-state index in [9.17, 15) is 14.7 Å². The van der Waals surface area contributed by atoms with Crippen molar-refractivity contribution >= 4 is 11.9 Å². The van der Waals surface area contributed by atoms with Crippen LogP contribution < -0.4 is 0 Å². The van der Waals surface area contributed by atoms with Gasteiger partial charge in [0.15, 0.2) is 5.76 Å². The predicted molar refractivity (Wildman–Crippen MR) is 56.5 cm³/mol. The number of carbonyl (C=O) groups is 2. The van der Waals surface area contributed by atoms with Crippen LogP contribution in [0.2, 0.25) is 0 Å². The molecule has 1 aliphatic heterocycles. The number of nitrogens with zero attached hydrogens (tertiary/aromatic N) is 1. The minimum Gasteiger partial charge on any atom is -0.480 e. The smallest absolute Gasteiger partial charge is 0.326 e. The van der Waals surface area contributed by atoms with Crippen molar-refractivity contribution in [3.8, 4) is 0 Å². The average molecular weight is 239 g/mol. The van der Waals surface area contributed by atoms with Crippen LogP contribution in [0.3, 0.4) is 0 Å². The van der Waals surface area contributed by atoms with Crippen molar-refractivity contribution < 1.29 is 24.2 Å². The minimum atomic E-state index is -1.11. The summed E-state index contributed by atoms with van der Waals surface area (Å²) in [5, 5.41) is 18.4. The van der Waals surface area contributed by atoms with Gasteiger partial charge in [-0.25, -0.2) is 4.79 Å². The van der Waals surface area contributed by atoms with E-state index in [0.717, 1.165) is 4.90 Å². The van der Waals surface area contributed by atoms with E-state index in [4.69, 9.17) is 9.52 Å². The molecule has 6 heteroatoms. The molecule has 1 amide bonds. The van der Waals surface area contributed by atoms with Gasteiger partial charge in [-0.2, -0.15) is 0 Å². The van der Waals surface area contributed by atoms with Crippen molar-refractivity contribution in [3.63, 3.8) is 0 Å². The third kappa shape index (κ3) is 2.03. The number of aliphatic carboxylic acids is 1. The van der Waals surface area contributed by atoms with Crippen LogP contribution >= 0.6 is 0 Å². The third-order valence-corrected chi connectivity index (χ3v) is 2.88. The Balaban J connectivity index is 2.25. The number of rotatable bonds is 2. The number of carboxylic acid groups (broad SMARTS) is 1. The van der Waals surface area contributed by atoms with Crippen molar-refractivity contribution in [2.45, 2.75) is 25.5 Å². The van der Waals surface area contributed by atoms with Crippen LogP contribution in [0.5, 0.6) is 0 Å². The zero-order valence-electron chi connectivity index (χ0n) is 9.29. The number of hydrogen-bond acceptors (Lipinski definition) is 4. The van der Waals surface area contributed by atoms with Gasteiger partial charge in [-0.3, -0.25) is 4.79 Å². The molecule has 0 bridgehead atoms. The fourth-order valence-electron chi connectivity index (χ4n) is 1.99. The van der Waals surface area contributed by atoms with E-state index in [1.54, 1.807) is 13.0 Å². The average Bonchev–Trinajstić information content (AvgIpc) is 2.83. The highest BCUT2D eigenvalue weighted by Gasteiger charge is 2.40. The fourth-order valence-corrected chi connectivity index (χ4v) is 1.99. The van der Waals surface area contributed by atoms with Crippen LogP contribution in [0.15, 0.2) is 16.7 Å². The maximum atomic E-state index is 12.0. The first-order valence-corrected chi connectivity index (χ1v) is 5.26. The van der Waals surface area contributed by atoms with Gasteiger partial charge in [0.25, 0.3) is 5.91 Å². The van der Waals surface area contributed by atoms with Gasteiger partial charge in [0.2, 0.25) is 0 Å². The Bertz CT molecular complexity index is 452. The first kappa shape index (κ1) is 11.7. The summed E-state index contributed by atoms with van der Waals surface area (Å²) in [5.74, 6) is -1.47. The quantitative estimate of drug-likeness (QED) is 0.771. The molecule has 0 radical (unpaired) electrons. The molecule has 0 aliphatic carbocycles. The summed E-state index contributed by atoms with van der Waals surface area (Å²) < 4.78 is 5.04. The number of aliphatic hydroxyl groups excluding tert-OH is 1. The zero-order chi connectivity index (χ0) is 12.6. The predicted octanol–water partition coefficient (Wildman–Crippen LogP) is 0.248. The van der Waals surface area contributed by atoms with E-state index in [0.29, 0.717) is 5.56 Å². The summed E-state index contributed by atoms with van der Waals surface area (Å²) in [4.78, 5) is 24.2. The van der Waals surface area contributed by atoms with Crippen LogP contribution in [-0.4, -0.2) is 45.7 Å². The zero-order valence-corrected chi connectivity index (χ0v) is 9.29. The number of carbonyl (C=O) groups excluding carboxylic acids is 1. The molecule has 2 rings (SSSR count). The van der Waals surface area contributed by atoms with Gasteiger partial charge in [0.1, 0.15) is 6.04 Å². The highest BCUT2D eigenvalue weighted by molar-refractivity contribution is 5.95. The number of aryl methyl sites for hydroxylation is 1. The highest BCUT2D eigenvalue weighted by Crippen LogP contribution is 2.22. The van der Waals surface area contributed by atoms with Crippen LogP contribution in [-0.2, 0) is 4.79 Å². The highest BCUT2D eigenvalue weighted by atomic mass is 16.4. The van der Waals surface area contributed by atoms with Gasteiger partial charge in [-0.15, -0.1) is 0 Å². The minimum absolute atomic E-state index is 0.0238. The molecule has 2 atom stereocenters. The Labute approximate surface area is 97.4 Å². The number of amides is 1. The van der Waals surface area contributed by atoms with Crippen LogP contribution in [0.25, 0.3) is 0 Å². The lowest BCUT2D eigenvalue weighted by atomic mass is 10.2. The molecule has 1 fully saturated rings. The van der Waals surface area contributed by atoms with Crippen LogP contribution in [0.1, 0.15) is 22.5 Å². The Kier molecular flexibility index (Phi) is 2.89. The maximum Gasteiger partial charge on any atom is 0.326 e. The third-order valence-electron chi connectivity index (χ3n) is 2.88. The largest absolute Gasteiger partial charge is 0.480 e. The first-order chi connectivity index (χ1) is 8.00. The Morgan fingerprint density at radius 3 is 2.76 bits per heavy atom. The lowest BCUT2D eigenvalue weighted by Crippen LogP contribution is -2.40. The summed E-state index contributed by atoms with van der Waals surface area (Å²) >= 11 is 0. The number of aliphatic hydroxyl groups is 1. The summed E-state index contributed by atoms with van der Waals surface area (Å²) in [5.41, 5.74) is 0.653. The van der Waals surface area contributed by atoms with E-state index in [2.05, 4.69) is 0 Å². The van der Waals surface area contributed by atoms with E-state index in [-0.39, 0.29) is 18.7 Å². The van der Waals surface area contributed by atoms with E-state index >= 15 is 0 Å². The molecule has 6 nitrogen and oxygen atoms in total. The van der Waals surface area contributed by atoms with E-state index < -0.39 is 24.0 Å². The molecule has 0 aromatic carbocycles. The SMILES string of the molecule is Cc1ccoc1C(=O)N1C[C@H](O)C[C@H]1C(=O)O. The van der Waals surface area contributed by atoms with Gasteiger partial charge >= 0.3 is 5.97 Å². The van der Waals surface area contributed by atoms with Crippen molar-refractivity contribution in [3.05, 3.63) is 23.7 Å². The first-order valence-electron chi connectivity index (χ1n) is 5.26. The second-order valence-corrected chi connectivity index (χ2v) is 4.13. The molecule has 1 aromatic rings. The number of furan rings is 1. The molecule has 2 N–H and O–H groups in total. The summed E-state index contributed by atoms with van der Waals surface area (Å²) in [7, 11) is 0. The van der Waals surface area contributed by atoms with Gasteiger partial charge in [0, 0.05) is 18.5 Å². The standard InChI is InChI=1S/C11H13NO5/c1-6-2-3-17-9(6)10(14)12-5-7(13)4-8(12)11(15)16/h2-3,7-8,13H,4-5H2,1H3,(H,15,16)/t7-,8+/m1/s1. The molecule has 2 heterocycles. The normalized spacial score (nSPS) is 24.0. The van der Waals surface area contributed by atoms with Gasteiger partial charge in [0.05, 0.1) is 12.4 Å². The Morgan fingerprint density at radius 2 is 2.24 bits per heavy atom. The van der Waals surface area contributed by atoms with Crippen LogP contribution in [0.4, 0.5) is 0 Å². The van der Waals surface area contributed by atoms with E-state index in [1.165, 1.54) is 6.26 Å². The second kappa shape index (κ2) is 4.21. The van der Waals surface area contributed by atoms with Crippen molar-refractivity contribution in [2.24, 2.45) is 0 Å². The fraction of sp³-hybridized carbons (Fsp3) is 0.455. The van der Waals surface area contributed by atoms with Crippen molar-refractivity contribution in [2.75, 3.05) is 6.54 Å². The monoisotopic (exact) mass is 239 g/mol. The summed E-state index contributed by atoms with van der Waals surface area (Å²) in [6.07, 6.45) is 0.640. The molecule has 17 heavy (non-hydrogen) atoms. The Hall–Kier alpha value is -1.82. The second-order valence-electron chi connectivity index (χ2n) is 4.13. The Morgan fingerprint density at radius 1 is 1.53 bits per heavy atom. The molecular weight excluding hydrogens is 226 g/mol. The molecule has 1 aromatic heterocycles. The topological polar surface area (TPSA) is 91.0 Å². The molecule has 0 unspecified atom stereocenters. The summed E-state index contributed by atoms with van der Waals surface area (Å²) in [6.45, 7) is 1.73. The van der Waals surface area contributed by atoms with Gasteiger partial charge < -0.3 is 19.5 Å². The van der Waals surface area contributed by atoms with Crippen molar-refractivity contribution in [1.82, 2.24) is 4.90 Å². The molecule has 0 spiro atoms. The number of likely N-dealkylation sites (tertiary alicyclic amines) is 1. The van der Waals surface area contributed by atoms with Gasteiger partial charge in [-0.1, -0.05) is 0 Å². The molecule has 92 valence electrons. The maximum absolute atomic E-state index is 12.0. The van der Waals surface area contributed by atoms with Crippen LogP contribution in [0, 0.1) is 6.92 Å². The number of hydrogen-bond donors (Lipinski definition) is 2. The molecular formula is C11H13NO5. The van der Waals surface area contributed by atoms with Crippen molar-refractivity contribution in [1.29, 1.82) is 0 Å². The summed E-state index contributed by atoms with van der Waals surface area (Å²) in [6, 6.07) is 0.650. The lowest BCUT2D eigenvalue weighted by molar-refractivity contribution is -0.141. The molecule has 1 aliphatic rings. The molecule has 1 saturated heterocycles.